The summed E-state index contributed by atoms with van der Waals surface area (Å²) in [5, 5.41) is 7.25. The molecule has 0 aromatic carbocycles. The molecule has 0 aliphatic carbocycles. The van der Waals surface area contributed by atoms with Gasteiger partial charge in [-0.25, -0.2) is 9.97 Å². The maximum atomic E-state index is 11.1. The molecule has 21 heavy (non-hydrogen) atoms. The van der Waals surface area contributed by atoms with Gasteiger partial charge in [-0.05, 0) is 18.9 Å². The fraction of sp³-hybridized carbons (Fsp3) is 0.385. The summed E-state index contributed by atoms with van der Waals surface area (Å²) < 4.78 is 0. The molecule has 1 fully saturated rings. The Morgan fingerprint density at radius 1 is 1.48 bits per heavy atom. The van der Waals surface area contributed by atoms with Crippen LogP contribution in [0.5, 0.6) is 0 Å². The molecule has 3 N–H and O–H groups in total. The zero-order valence-electron chi connectivity index (χ0n) is 11.3. The van der Waals surface area contributed by atoms with Crippen LogP contribution in [0, 0.1) is 0 Å². The third-order valence-electron chi connectivity index (χ3n) is 3.65. The van der Waals surface area contributed by atoms with E-state index in [0.717, 1.165) is 31.8 Å². The average Bonchev–Trinajstić information content (AvgIpc) is 3.01. The topological polar surface area (TPSA) is 101 Å². The van der Waals surface area contributed by atoms with E-state index in [9.17, 15) is 4.79 Å². The molecule has 1 atom stereocenters. The summed E-state index contributed by atoms with van der Waals surface area (Å²) in [6, 6.07) is 1.56. The van der Waals surface area contributed by atoms with E-state index in [1.165, 1.54) is 12.5 Å². The second-order valence-electron chi connectivity index (χ2n) is 5.05. The van der Waals surface area contributed by atoms with E-state index < -0.39 is 5.91 Å². The van der Waals surface area contributed by atoms with E-state index in [4.69, 9.17) is 17.3 Å². The lowest BCUT2D eigenvalue weighted by atomic mass is 9.97. The van der Waals surface area contributed by atoms with Gasteiger partial charge < -0.3 is 10.6 Å². The predicted octanol–water partition coefficient (Wildman–Crippen LogP) is 1.34. The van der Waals surface area contributed by atoms with E-state index in [0.29, 0.717) is 16.4 Å². The molecule has 1 aliphatic heterocycles. The van der Waals surface area contributed by atoms with Crippen molar-refractivity contribution < 1.29 is 4.79 Å². The first-order chi connectivity index (χ1) is 10.1. The molecule has 1 aliphatic rings. The molecule has 0 unspecified atom stereocenters. The number of carbonyl (C=O) groups excluding carboxylic acids is 1. The first-order valence-corrected chi connectivity index (χ1v) is 7.08. The Morgan fingerprint density at radius 3 is 3.00 bits per heavy atom. The molecule has 0 saturated carbocycles. The maximum Gasteiger partial charge on any atom is 0.250 e. The van der Waals surface area contributed by atoms with Gasteiger partial charge in [-0.2, -0.15) is 5.10 Å². The molecule has 8 heteroatoms. The number of primary amides is 1. The molecule has 3 rings (SSSR count). The standard InChI is InChI=1S/C13H15ClN6O/c14-10-4-9(11(15)21)5-16-13(10)20-3-1-2-8(6-20)12-17-7-18-19-12/h4-5,7-8H,1-3,6H2,(H2,15,21)(H,17,18,19)/t8-/m0/s1. The summed E-state index contributed by atoms with van der Waals surface area (Å²) in [6.45, 7) is 1.63. The number of pyridine rings is 1. The number of aromatic amines is 1. The van der Waals surface area contributed by atoms with Gasteiger partial charge in [0.1, 0.15) is 18.0 Å². The molecule has 3 heterocycles. The molecular weight excluding hydrogens is 292 g/mol. The summed E-state index contributed by atoms with van der Waals surface area (Å²) in [7, 11) is 0. The monoisotopic (exact) mass is 306 g/mol. The number of aromatic nitrogens is 4. The molecule has 110 valence electrons. The van der Waals surface area contributed by atoms with Crippen molar-refractivity contribution in [3.63, 3.8) is 0 Å². The van der Waals surface area contributed by atoms with Crippen molar-refractivity contribution in [2.75, 3.05) is 18.0 Å². The van der Waals surface area contributed by atoms with Crippen LogP contribution in [0.1, 0.15) is 34.9 Å². The molecule has 0 radical (unpaired) electrons. The second kappa shape index (κ2) is 5.69. The Labute approximate surface area is 126 Å². The van der Waals surface area contributed by atoms with Crippen molar-refractivity contribution >= 4 is 23.3 Å². The van der Waals surface area contributed by atoms with Gasteiger partial charge >= 0.3 is 0 Å². The van der Waals surface area contributed by atoms with Crippen molar-refractivity contribution in [3.8, 4) is 0 Å². The average molecular weight is 307 g/mol. The lowest BCUT2D eigenvalue weighted by molar-refractivity contribution is 0.1000. The van der Waals surface area contributed by atoms with Crippen molar-refractivity contribution in [3.05, 3.63) is 35.0 Å². The highest BCUT2D eigenvalue weighted by Gasteiger charge is 2.25. The molecular formula is C13H15ClN6O. The SMILES string of the molecule is NC(=O)c1cnc(N2CCC[C@H](c3ncn[nH]3)C2)c(Cl)c1. The molecule has 2 aromatic rings. The van der Waals surface area contributed by atoms with Crippen LogP contribution < -0.4 is 10.6 Å². The first kappa shape index (κ1) is 13.8. The second-order valence-corrected chi connectivity index (χ2v) is 5.46. The summed E-state index contributed by atoms with van der Waals surface area (Å²) in [5.74, 6) is 1.29. The first-order valence-electron chi connectivity index (χ1n) is 6.70. The van der Waals surface area contributed by atoms with Crippen LogP contribution in [0.4, 0.5) is 5.82 Å². The lowest BCUT2D eigenvalue weighted by Crippen LogP contribution is -2.35. The highest BCUT2D eigenvalue weighted by molar-refractivity contribution is 6.33. The number of H-pyrrole nitrogens is 1. The number of hydrogen-bond acceptors (Lipinski definition) is 5. The van der Waals surface area contributed by atoms with Crippen LogP contribution in [0.3, 0.4) is 0 Å². The van der Waals surface area contributed by atoms with E-state index >= 15 is 0 Å². The fourth-order valence-electron chi connectivity index (χ4n) is 2.60. The Balaban J connectivity index is 1.82. The number of halogens is 1. The zero-order valence-corrected chi connectivity index (χ0v) is 12.0. The number of carbonyl (C=O) groups is 1. The minimum absolute atomic E-state index is 0.273. The minimum Gasteiger partial charge on any atom is -0.366 e. The van der Waals surface area contributed by atoms with Crippen LogP contribution in [0.2, 0.25) is 5.02 Å². The summed E-state index contributed by atoms with van der Waals surface area (Å²) in [4.78, 5) is 21.7. The van der Waals surface area contributed by atoms with Crippen molar-refractivity contribution in [2.45, 2.75) is 18.8 Å². The van der Waals surface area contributed by atoms with Crippen molar-refractivity contribution in [1.29, 1.82) is 0 Å². The van der Waals surface area contributed by atoms with Gasteiger partial charge in [0.05, 0.1) is 10.6 Å². The van der Waals surface area contributed by atoms with E-state index in [-0.39, 0.29) is 5.92 Å². The third-order valence-corrected chi connectivity index (χ3v) is 3.93. The molecule has 7 nitrogen and oxygen atoms in total. The molecule has 1 saturated heterocycles. The Bertz CT molecular complexity index is 644. The number of nitrogens with two attached hydrogens (primary N) is 1. The highest BCUT2D eigenvalue weighted by Crippen LogP contribution is 2.31. The molecule has 2 aromatic heterocycles. The van der Waals surface area contributed by atoms with Gasteiger partial charge in [0.15, 0.2) is 0 Å². The Morgan fingerprint density at radius 2 is 2.33 bits per heavy atom. The van der Waals surface area contributed by atoms with Crippen molar-refractivity contribution in [1.82, 2.24) is 20.2 Å². The normalized spacial score (nSPS) is 18.7. The smallest absolute Gasteiger partial charge is 0.250 e. The minimum atomic E-state index is -0.533. The van der Waals surface area contributed by atoms with Crippen LogP contribution in [-0.2, 0) is 0 Å². The quantitative estimate of drug-likeness (QED) is 0.891. The van der Waals surface area contributed by atoms with Gasteiger partial charge in [-0.15, -0.1) is 0 Å². The number of rotatable bonds is 3. The van der Waals surface area contributed by atoms with Crippen molar-refractivity contribution in [2.24, 2.45) is 5.73 Å². The predicted molar refractivity (Wildman–Crippen MR) is 78.3 cm³/mol. The number of nitrogens with zero attached hydrogens (tertiary/aromatic N) is 4. The Kier molecular flexibility index (Phi) is 3.74. The van der Waals surface area contributed by atoms with Gasteiger partial charge in [0, 0.05) is 25.2 Å². The van der Waals surface area contributed by atoms with E-state index in [2.05, 4.69) is 25.1 Å². The van der Waals surface area contributed by atoms with Gasteiger partial charge in [0.2, 0.25) is 5.91 Å². The molecule has 0 spiro atoms. The van der Waals surface area contributed by atoms with Crippen LogP contribution >= 0.6 is 11.6 Å². The summed E-state index contributed by atoms with van der Waals surface area (Å²) in [6.07, 6.45) is 5.03. The van der Waals surface area contributed by atoms with Gasteiger partial charge in [-0.1, -0.05) is 11.6 Å². The number of anilines is 1. The Hall–Kier alpha value is -2.15. The van der Waals surface area contributed by atoms with E-state index in [1.54, 1.807) is 6.07 Å². The number of hydrogen-bond donors (Lipinski definition) is 2. The van der Waals surface area contributed by atoms with Crippen LogP contribution in [0.15, 0.2) is 18.6 Å². The summed E-state index contributed by atoms with van der Waals surface area (Å²) in [5.41, 5.74) is 5.54. The molecule has 1 amide bonds. The zero-order chi connectivity index (χ0) is 14.8. The van der Waals surface area contributed by atoms with Crippen LogP contribution in [0.25, 0.3) is 0 Å². The largest absolute Gasteiger partial charge is 0.366 e. The van der Waals surface area contributed by atoms with Crippen LogP contribution in [-0.4, -0.2) is 39.2 Å². The van der Waals surface area contributed by atoms with E-state index in [1.807, 2.05) is 0 Å². The fourth-order valence-corrected chi connectivity index (χ4v) is 2.89. The number of piperidine rings is 1. The van der Waals surface area contributed by atoms with Gasteiger partial charge in [0.25, 0.3) is 0 Å². The number of nitrogens with one attached hydrogen (secondary N) is 1. The maximum absolute atomic E-state index is 11.1. The highest BCUT2D eigenvalue weighted by atomic mass is 35.5. The summed E-state index contributed by atoms with van der Waals surface area (Å²) >= 11 is 6.23. The molecule has 0 bridgehead atoms. The number of amides is 1. The van der Waals surface area contributed by atoms with Gasteiger partial charge in [-0.3, -0.25) is 9.89 Å². The lowest BCUT2D eigenvalue weighted by Gasteiger charge is -2.33. The third kappa shape index (κ3) is 2.82.